The van der Waals surface area contributed by atoms with Crippen LogP contribution in [-0.4, -0.2) is 21.5 Å². The average molecular weight is 642 g/mol. The highest BCUT2D eigenvalue weighted by Crippen LogP contribution is 2.37. The van der Waals surface area contributed by atoms with Crippen LogP contribution in [0.5, 0.6) is 0 Å². The summed E-state index contributed by atoms with van der Waals surface area (Å²) in [6.45, 7) is 18.9. The molecule has 0 fully saturated rings. The summed E-state index contributed by atoms with van der Waals surface area (Å²) < 4.78 is 0. The minimum Gasteiger partial charge on any atom is -0.297 e. The topological polar surface area (TPSA) is 35.5 Å². The van der Waals surface area contributed by atoms with Gasteiger partial charge in [-0.05, 0) is 132 Å². The molecule has 0 saturated carbocycles. The first kappa shape index (κ1) is 34.9. The Balaban J connectivity index is 1.62. The maximum atomic E-state index is 4.99. The highest BCUT2D eigenvalue weighted by atomic mass is 15.6. The number of hydrogen-bond acceptors (Lipinski definition) is 5. The lowest BCUT2D eigenvalue weighted by molar-refractivity contribution is 0.404. The van der Waals surface area contributed by atoms with Crippen LogP contribution in [0.3, 0.4) is 0 Å². The molecule has 0 aliphatic carbocycles. The molecule has 4 atom stereocenters. The second-order valence-electron chi connectivity index (χ2n) is 13.6. The summed E-state index contributed by atoms with van der Waals surface area (Å²) in [5.41, 5.74) is 8.68. The van der Waals surface area contributed by atoms with Crippen LogP contribution in [0.25, 0.3) is 0 Å². The van der Waals surface area contributed by atoms with Gasteiger partial charge in [-0.15, -0.1) is 0 Å². The van der Waals surface area contributed by atoms with Crippen molar-refractivity contribution < 1.29 is 0 Å². The smallest absolute Gasteiger partial charge is 0.152 e. The van der Waals surface area contributed by atoms with Gasteiger partial charge < -0.3 is 0 Å². The third kappa shape index (κ3) is 7.84. The summed E-state index contributed by atoms with van der Waals surface area (Å²) in [5.74, 6) is 3.70. The first-order chi connectivity index (χ1) is 23.3. The summed E-state index contributed by atoms with van der Waals surface area (Å²) >= 11 is 0. The molecule has 48 heavy (non-hydrogen) atoms. The maximum absolute atomic E-state index is 4.99. The second kappa shape index (κ2) is 16.1. The number of nitrogens with zero attached hydrogens (tertiary/aromatic N) is 5. The van der Waals surface area contributed by atoms with Gasteiger partial charge in [0.15, 0.2) is 5.82 Å². The van der Waals surface area contributed by atoms with E-state index in [2.05, 4.69) is 161 Å². The predicted molar refractivity (Wildman–Crippen MR) is 204 cm³/mol. The summed E-state index contributed by atoms with van der Waals surface area (Å²) in [4.78, 5) is 12.3. The fraction of sp³-hybridized carbons (Fsp3) is 0.395. The van der Waals surface area contributed by atoms with E-state index in [4.69, 9.17) is 9.97 Å². The largest absolute Gasteiger partial charge is 0.297 e. The van der Waals surface area contributed by atoms with Crippen molar-refractivity contribution in [1.82, 2.24) is 15.0 Å². The van der Waals surface area contributed by atoms with Crippen molar-refractivity contribution in [3.63, 3.8) is 0 Å². The molecule has 5 heteroatoms. The van der Waals surface area contributed by atoms with Crippen molar-refractivity contribution in [3.05, 3.63) is 131 Å². The molecule has 3 heterocycles. The van der Waals surface area contributed by atoms with Crippen LogP contribution < -0.4 is 9.91 Å². The Kier molecular flexibility index (Phi) is 11.8. The van der Waals surface area contributed by atoms with Crippen molar-refractivity contribution >= 4 is 23.0 Å². The van der Waals surface area contributed by atoms with E-state index < -0.39 is 0 Å². The molecule has 4 aromatic rings. The van der Waals surface area contributed by atoms with Gasteiger partial charge in [-0.1, -0.05) is 79.7 Å². The van der Waals surface area contributed by atoms with E-state index in [0.29, 0.717) is 30.2 Å². The summed E-state index contributed by atoms with van der Waals surface area (Å²) in [5, 5.41) is 4.59. The zero-order valence-electron chi connectivity index (χ0n) is 30.4. The number of hydrazine groups is 1. The predicted octanol–water partition coefficient (Wildman–Crippen LogP) is 12.1. The second-order valence-corrected chi connectivity index (χ2v) is 13.6. The third-order valence-corrected chi connectivity index (χ3v) is 10.4. The molecule has 1 aliphatic rings. The summed E-state index contributed by atoms with van der Waals surface area (Å²) in [7, 11) is 0. The standard InChI is InChI=1S/C43H55N5/c1-9-31(5)35-16-13-18-39(26-35)47(42-28-37(21-23-44-42)33(7)11-3)41-20-15-25-46(30-41)48(40-19-14-17-36(27-40)32(6)10-2)43-29-38(22-24-45-43)34(8)12-4/h13-29,31-34H,9-12,30H2,1-8H3. The number of allylic oxidation sites excluding steroid dienone is 2. The molecule has 2 aromatic heterocycles. The van der Waals surface area contributed by atoms with Gasteiger partial charge in [-0.2, -0.15) is 0 Å². The summed E-state index contributed by atoms with van der Waals surface area (Å²) in [6, 6.07) is 26.8. The van der Waals surface area contributed by atoms with Crippen LogP contribution in [0.1, 0.15) is 127 Å². The van der Waals surface area contributed by atoms with Crippen molar-refractivity contribution in [3.8, 4) is 0 Å². The van der Waals surface area contributed by atoms with E-state index in [1.807, 2.05) is 12.4 Å². The van der Waals surface area contributed by atoms with Crippen LogP contribution in [0.2, 0.25) is 0 Å². The van der Waals surface area contributed by atoms with Crippen molar-refractivity contribution in [2.24, 2.45) is 0 Å². The van der Waals surface area contributed by atoms with Crippen LogP contribution in [0, 0.1) is 0 Å². The molecule has 2 aromatic carbocycles. The van der Waals surface area contributed by atoms with E-state index in [1.165, 1.54) is 22.3 Å². The average Bonchev–Trinajstić information content (AvgIpc) is 3.14. The quantitative estimate of drug-likeness (QED) is 0.137. The molecule has 4 unspecified atom stereocenters. The minimum atomic E-state index is 0.449. The molecular weight excluding hydrogens is 587 g/mol. The van der Waals surface area contributed by atoms with E-state index >= 15 is 0 Å². The number of hydrogen-bond donors (Lipinski definition) is 0. The SMILES string of the molecule is CCC(C)c1cccc(N(C2=CC=CN(N(c3cccc(C(C)CC)c3)c3cc(C(C)CC)ccn3)C2)c2cc(C(C)CC)ccn2)c1. The number of aromatic nitrogens is 2. The molecular formula is C43H55N5. The Hall–Kier alpha value is -4.38. The molecule has 252 valence electrons. The van der Waals surface area contributed by atoms with Crippen molar-refractivity contribution in [2.75, 3.05) is 16.5 Å². The number of benzene rings is 2. The highest BCUT2D eigenvalue weighted by molar-refractivity contribution is 5.68. The van der Waals surface area contributed by atoms with Gasteiger partial charge in [-0.25, -0.2) is 15.0 Å². The molecule has 0 saturated heterocycles. The number of pyridine rings is 2. The number of rotatable bonds is 14. The third-order valence-electron chi connectivity index (χ3n) is 10.4. The van der Waals surface area contributed by atoms with E-state index in [0.717, 1.165) is 54.4 Å². The summed E-state index contributed by atoms with van der Waals surface area (Å²) in [6.07, 6.45) is 14.9. The molecule has 5 rings (SSSR count). The van der Waals surface area contributed by atoms with Gasteiger partial charge >= 0.3 is 0 Å². The van der Waals surface area contributed by atoms with Crippen molar-refractivity contribution in [1.29, 1.82) is 0 Å². The molecule has 0 spiro atoms. The van der Waals surface area contributed by atoms with Crippen LogP contribution in [0.4, 0.5) is 23.0 Å². The Morgan fingerprint density at radius 3 is 1.65 bits per heavy atom. The lowest BCUT2D eigenvalue weighted by Crippen LogP contribution is -2.41. The van der Waals surface area contributed by atoms with Gasteiger partial charge in [0.1, 0.15) is 5.82 Å². The van der Waals surface area contributed by atoms with Crippen molar-refractivity contribution in [2.45, 2.75) is 105 Å². The Morgan fingerprint density at radius 2 is 1.08 bits per heavy atom. The van der Waals surface area contributed by atoms with E-state index in [1.54, 1.807) is 0 Å². The van der Waals surface area contributed by atoms with E-state index in [9.17, 15) is 0 Å². The van der Waals surface area contributed by atoms with E-state index in [-0.39, 0.29) is 0 Å². The fourth-order valence-electron chi connectivity index (χ4n) is 6.26. The van der Waals surface area contributed by atoms with Gasteiger partial charge in [0.2, 0.25) is 0 Å². The zero-order chi connectivity index (χ0) is 34.2. The first-order valence-corrected chi connectivity index (χ1v) is 18.1. The Labute approximate surface area is 290 Å². The Bertz CT molecular complexity index is 1600. The molecule has 0 amide bonds. The molecule has 1 aliphatic heterocycles. The van der Waals surface area contributed by atoms with Gasteiger partial charge in [0.05, 0.1) is 12.2 Å². The fourth-order valence-corrected chi connectivity index (χ4v) is 6.26. The molecule has 0 N–H and O–H groups in total. The molecule has 0 bridgehead atoms. The molecule has 5 nitrogen and oxygen atoms in total. The first-order valence-electron chi connectivity index (χ1n) is 18.1. The maximum Gasteiger partial charge on any atom is 0.152 e. The van der Waals surface area contributed by atoms with Gasteiger partial charge in [0.25, 0.3) is 0 Å². The zero-order valence-corrected chi connectivity index (χ0v) is 30.4. The normalized spacial score (nSPS) is 15.4. The minimum absolute atomic E-state index is 0.449. The highest BCUT2D eigenvalue weighted by Gasteiger charge is 2.26. The lowest BCUT2D eigenvalue weighted by atomic mass is 9.97. The monoisotopic (exact) mass is 641 g/mol. The van der Waals surface area contributed by atoms with Crippen LogP contribution in [-0.2, 0) is 0 Å². The number of anilines is 4. The van der Waals surface area contributed by atoms with Gasteiger partial charge in [0, 0.05) is 30.0 Å². The Morgan fingerprint density at radius 1 is 0.604 bits per heavy atom. The lowest BCUT2D eigenvalue weighted by Gasteiger charge is -2.39. The van der Waals surface area contributed by atoms with Crippen LogP contribution in [0.15, 0.2) is 109 Å². The molecule has 0 radical (unpaired) electrons. The van der Waals surface area contributed by atoms with Crippen LogP contribution >= 0.6 is 0 Å². The van der Waals surface area contributed by atoms with Gasteiger partial charge in [-0.3, -0.25) is 9.91 Å².